The van der Waals surface area contributed by atoms with Crippen molar-refractivity contribution in [3.05, 3.63) is 70.5 Å². The van der Waals surface area contributed by atoms with Gasteiger partial charge in [0.15, 0.2) is 0 Å². The average Bonchev–Trinajstić information content (AvgIpc) is 3.34. The number of hydrogen-bond acceptors (Lipinski definition) is 8. The summed E-state index contributed by atoms with van der Waals surface area (Å²) in [7, 11) is 1.45. The number of nitrogens with one attached hydrogen (secondary N) is 1. The number of anilines is 1. The molecule has 0 saturated heterocycles. The number of thiazole rings is 1. The molecule has 0 bridgehead atoms. The molecule has 0 spiro atoms. The largest absolute Gasteiger partial charge is 0.496 e. The minimum Gasteiger partial charge on any atom is -0.496 e. The molecule has 0 radical (unpaired) electrons. The average molecular weight is 394 g/mol. The second-order valence-electron chi connectivity index (χ2n) is 5.70. The van der Waals surface area contributed by atoms with Crippen molar-refractivity contribution >= 4 is 38.6 Å². The van der Waals surface area contributed by atoms with E-state index in [4.69, 9.17) is 9.15 Å². The molecule has 0 fully saturated rings. The van der Waals surface area contributed by atoms with Gasteiger partial charge >= 0.3 is 0 Å². The molecule has 4 rings (SSSR count). The summed E-state index contributed by atoms with van der Waals surface area (Å²) < 4.78 is 12.1. The fourth-order valence-electron chi connectivity index (χ4n) is 2.64. The number of hydrogen-bond donors (Lipinski definition) is 1. The van der Waals surface area contributed by atoms with Crippen LogP contribution in [0.1, 0.15) is 5.76 Å². The Kier molecular flexibility index (Phi) is 4.73. The predicted octanol–water partition coefficient (Wildman–Crippen LogP) is 4.92. The number of hydrazone groups is 1. The molecule has 4 aromatic rings. The third kappa shape index (κ3) is 3.55. The van der Waals surface area contributed by atoms with Crippen LogP contribution in [-0.2, 0) is 0 Å². The molecular weight excluding hydrogens is 380 g/mol. The van der Waals surface area contributed by atoms with Gasteiger partial charge in [-0.15, -0.1) is 0 Å². The molecule has 2 heterocycles. The van der Waals surface area contributed by atoms with Crippen molar-refractivity contribution in [2.24, 2.45) is 5.10 Å². The minimum atomic E-state index is -0.472. The number of rotatable bonds is 6. The summed E-state index contributed by atoms with van der Waals surface area (Å²) in [5.74, 6) is 1.40. The van der Waals surface area contributed by atoms with Gasteiger partial charge in [-0.05, 0) is 30.3 Å². The molecule has 0 unspecified atom stereocenters. The van der Waals surface area contributed by atoms with Crippen LogP contribution in [0.5, 0.6) is 5.75 Å². The van der Waals surface area contributed by atoms with Crippen LogP contribution < -0.4 is 10.2 Å². The molecule has 0 aliphatic heterocycles. The van der Waals surface area contributed by atoms with Gasteiger partial charge in [-0.2, -0.15) is 5.10 Å². The standard InChI is InChI=1S/C19H14N4O4S/c1-26-17-10-12(23(24)25)6-8-14(17)16-9-7-13(27-16)11-20-22-19-21-15-4-2-3-5-18(15)28-19/h2-11H,1H3,(H,21,22). The van der Waals surface area contributed by atoms with E-state index < -0.39 is 4.92 Å². The Labute approximate surface area is 163 Å². The van der Waals surface area contributed by atoms with E-state index in [0.717, 1.165) is 10.2 Å². The lowest BCUT2D eigenvalue weighted by Crippen LogP contribution is -1.92. The number of benzene rings is 2. The highest BCUT2D eigenvalue weighted by atomic mass is 32.1. The number of methoxy groups -OCH3 is 1. The van der Waals surface area contributed by atoms with Crippen molar-refractivity contribution in [1.29, 1.82) is 0 Å². The van der Waals surface area contributed by atoms with Crippen molar-refractivity contribution in [3.63, 3.8) is 0 Å². The number of nitrogens with zero attached hydrogens (tertiary/aromatic N) is 3. The lowest BCUT2D eigenvalue weighted by atomic mass is 10.1. The van der Waals surface area contributed by atoms with Gasteiger partial charge in [0, 0.05) is 6.07 Å². The molecule has 0 saturated carbocycles. The van der Waals surface area contributed by atoms with E-state index in [-0.39, 0.29) is 5.69 Å². The molecule has 2 aromatic heterocycles. The summed E-state index contributed by atoms with van der Waals surface area (Å²) in [6.07, 6.45) is 1.54. The maximum absolute atomic E-state index is 10.9. The number of aromatic nitrogens is 1. The monoisotopic (exact) mass is 394 g/mol. The Hall–Kier alpha value is -3.72. The van der Waals surface area contributed by atoms with Crippen molar-refractivity contribution < 1.29 is 14.1 Å². The molecule has 0 aliphatic rings. The van der Waals surface area contributed by atoms with Gasteiger partial charge in [0.05, 0.1) is 40.1 Å². The first-order valence-corrected chi connectivity index (χ1v) is 9.03. The highest BCUT2D eigenvalue weighted by molar-refractivity contribution is 7.22. The van der Waals surface area contributed by atoms with E-state index in [1.54, 1.807) is 18.2 Å². The van der Waals surface area contributed by atoms with Crippen LogP contribution in [-0.4, -0.2) is 23.2 Å². The van der Waals surface area contributed by atoms with Gasteiger partial charge < -0.3 is 9.15 Å². The maximum Gasteiger partial charge on any atom is 0.273 e. The number of furan rings is 1. The number of para-hydroxylation sites is 1. The van der Waals surface area contributed by atoms with Gasteiger partial charge in [-0.25, -0.2) is 4.98 Å². The summed E-state index contributed by atoms with van der Waals surface area (Å²) in [4.78, 5) is 14.9. The van der Waals surface area contributed by atoms with E-state index in [1.807, 2.05) is 24.3 Å². The smallest absolute Gasteiger partial charge is 0.273 e. The molecule has 8 nitrogen and oxygen atoms in total. The van der Waals surface area contributed by atoms with Gasteiger partial charge in [-0.3, -0.25) is 15.5 Å². The number of non-ortho nitro benzene ring substituents is 1. The van der Waals surface area contributed by atoms with Crippen LogP contribution in [0.3, 0.4) is 0 Å². The van der Waals surface area contributed by atoms with Crippen LogP contribution >= 0.6 is 11.3 Å². The Morgan fingerprint density at radius 1 is 1.25 bits per heavy atom. The Bertz CT molecular complexity index is 1150. The first-order valence-electron chi connectivity index (χ1n) is 8.21. The maximum atomic E-state index is 10.9. The fraction of sp³-hybridized carbons (Fsp3) is 0.0526. The second-order valence-corrected chi connectivity index (χ2v) is 6.73. The Morgan fingerprint density at radius 3 is 2.89 bits per heavy atom. The zero-order chi connectivity index (χ0) is 19.5. The third-order valence-corrected chi connectivity index (χ3v) is 4.88. The first-order chi connectivity index (χ1) is 13.6. The van der Waals surface area contributed by atoms with Crippen LogP contribution in [0.2, 0.25) is 0 Å². The first kappa shape index (κ1) is 17.7. The number of ether oxygens (including phenoxy) is 1. The summed E-state index contributed by atoms with van der Waals surface area (Å²) in [5.41, 5.74) is 4.37. The molecule has 28 heavy (non-hydrogen) atoms. The molecular formula is C19H14N4O4S. The van der Waals surface area contributed by atoms with E-state index in [0.29, 0.717) is 28.0 Å². The van der Waals surface area contributed by atoms with E-state index in [2.05, 4.69) is 15.5 Å². The zero-order valence-electron chi connectivity index (χ0n) is 14.7. The molecule has 0 atom stereocenters. The lowest BCUT2D eigenvalue weighted by molar-refractivity contribution is -0.384. The van der Waals surface area contributed by atoms with E-state index in [9.17, 15) is 10.1 Å². The highest BCUT2D eigenvalue weighted by Crippen LogP contribution is 2.34. The second kappa shape index (κ2) is 7.49. The SMILES string of the molecule is COc1cc([N+](=O)[O-])ccc1-c1ccc(C=NNc2nc3ccccc3s2)o1. The van der Waals surface area contributed by atoms with Crippen LogP contribution in [0.4, 0.5) is 10.8 Å². The molecule has 0 amide bonds. The molecule has 2 aromatic carbocycles. The lowest BCUT2D eigenvalue weighted by Gasteiger charge is -2.05. The third-order valence-electron chi connectivity index (χ3n) is 3.93. The van der Waals surface area contributed by atoms with Crippen molar-refractivity contribution in [1.82, 2.24) is 4.98 Å². The summed E-state index contributed by atoms with van der Waals surface area (Å²) in [6, 6.07) is 15.7. The van der Waals surface area contributed by atoms with Crippen LogP contribution in [0, 0.1) is 10.1 Å². The Balaban J connectivity index is 1.51. The van der Waals surface area contributed by atoms with Crippen molar-refractivity contribution in [2.45, 2.75) is 0 Å². The molecule has 1 N–H and O–H groups in total. The van der Waals surface area contributed by atoms with Gasteiger partial charge in [0.25, 0.3) is 5.69 Å². The quantitative estimate of drug-likeness (QED) is 0.283. The normalized spacial score (nSPS) is 11.2. The van der Waals surface area contributed by atoms with Crippen molar-refractivity contribution in [2.75, 3.05) is 12.5 Å². The van der Waals surface area contributed by atoms with Crippen LogP contribution in [0.15, 0.2) is 64.1 Å². The number of nitro groups is 1. The topological polar surface area (TPSA) is 103 Å². The zero-order valence-corrected chi connectivity index (χ0v) is 15.5. The van der Waals surface area contributed by atoms with Gasteiger partial charge in [0.2, 0.25) is 5.13 Å². The van der Waals surface area contributed by atoms with Gasteiger partial charge in [0.1, 0.15) is 17.3 Å². The minimum absolute atomic E-state index is 0.0472. The summed E-state index contributed by atoms with van der Waals surface area (Å²) in [6.45, 7) is 0. The summed E-state index contributed by atoms with van der Waals surface area (Å²) >= 11 is 1.50. The highest BCUT2D eigenvalue weighted by Gasteiger charge is 2.15. The fourth-order valence-corrected chi connectivity index (χ4v) is 3.45. The van der Waals surface area contributed by atoms with Gasteiger partial charge in [-0.1, -0.05) is 23.5 Å². The predicted molar refractivity (Wildman–Crippen MR) is 108 cm³/mol. The number of nitro benzene ring substituents is 1. The molecule has 140 valence electrons. The Morgan fingerprint density at radius 2 is 2.11 bits per heavy atom. The van der Waals surface area contributed by atoms with Crippen LogP contribution in [0.25, 0.3) is 21.5 Å². The molecule has 9 heteroatoms. The summed E-state index contributed by atoms with van der Waals surface area (Å²) in [5, 5.41) is 15.7. The molecule has 0 aliphatic carbocycles. The van der Waals surface area contributed by atoms with Crippen molar-refractivity contribution in [3.8, 4) is 17.1 Å². The van der Waals surface area contributed by atoms with E-state index >= 15 is 0 Å². The number of fused-ring (bicyclic) bond motifs is 1. The van der Waals surface area contributed by atoms with E-state index in [1.165, 1.54) is 36.8 Å².